The van der Waals surface area contributed by atoms with Gasteiger partial charge in [0.2, 0.25) is 0 Å². The van der Waals surface area contributed by atoms with Gasteiger partial charge in [-0.1, -0.05) is 221 Å². The van der Waals surface area contributed by atoms with E-state index in [-0.39, 0.29) is 39.6 Å². The highest BCUT2D eigenvalue weighted by Crippen LogP contribution is 2.29. The fraction of sp³-hybridized carbons (Fsp3) is 0.0238. The van der Waals surface area contributed by atoms with Crippen molar-refractivity contribution in [2.45, 2.75) is 0 Å². The van der Waals surface area contributed by atoms with Crippen molar-refractivity contribution in [1.29, 1.82) is 5.41 Å². The molecule has 0 aliphatic carbocycles. The number of benzene rings is 7. The molecule has 0 saturated heterocycles. The molecule has 26 nitrogen and oxygen atoms in total. The van der Waals surface area contributed by atoms with Gasteiger partial charge in [0.05, 0.1) is 150 Å². The molecule has 7 aromatic carbocycles. The Hall–Kier alpha value is -12.8. The third kappa shape index (κ3) is 29.1. The lowest BCUT2D eigenvalue weighted by atomic mass is 9.79. The van der Waals surface area contributed by atoms with E-state index in [0.29, 0.717) is 64.6 Å². The van der Waals surface area contributed by atoms with E-state index in [9.17, 15) is 31.1 Å². The van der Waals surface area contributed by atoms with E-state index in [1.54, 1.807) is 64.3 Å². The summed E-state index contributed by atoms with van der Waals surface area (Å²) in [6.45, 7) is 0. The molecule has 0 aliphatic rings. The van der Waals surface area contributed by atoms with E-state index in [0.717, 1.165) is 73.3 Å². The number of carbonyl (C=O) groups excluding carboxylic acids is 2. The van der Waals surface area contributed by atoms with Gasteiger partial charge in [-0.25, -0.2) is 74.1 Å². The number of halogens is 15. The van der Waals surface area contributed by atoms with Crippen LogP contribution < -0.4 is 11.2 Å². The number of ether oxygens (including phenoxy) is 1. The molecule has 18 aromatic rings. The van der Waals surface area contributed by atoms with E-state index in [2.05, 4.69) is 103 Å². The second-order valence-corrected chi connectivity index (χ2v) is 28.6. The summed E-state index contributed by atoms with van der Waals surface area (Å²) in [7, 11) is -0.852. The van der Waals surface area contributed by atoms with Gasteiger partial charge in [-0.05, 0) is 82.2 Å². The van der Waals surface area contributed by atoms with Crippen LogP contribution in [0.5, 0.6) is 0 Å². The number of nitrogen functional groups attached to an aromatic ring is 1. The summed E-state index contributed by atoms with van der Waals surface area (Å²) in [5.74, 6) is -4.28. The van der Waals surface area contributed by atoms with Gasteiger partial charge in [0.25, 0.3) is 0 Å². The summed E-state index contributed by atoms with van der Waals surface area (Å²) >= 11 is 46.4. The number of fused-ring (bicyclic) bond motifs is 4. The third-order valence-corrected chi connectivity index (χ3v) is 17.9. The number of hydrogen-bond acceptors (Lipinski definition) is 22. The molecule has 0 atom stereocenters. The number of rotatable bonds is 10. The van der Waals surface area contributed by atoms with Crippen LogP contribution in [0.1, 0.15) is 32.6 Å². The van der Waals surface area contributed by atoms with Crippen LogP contribution in [0.4, 0.5) is 38.0 Å². The van der Waals surface area contributed by atoms with Crippen molar-refractivity contribution < 1.29 is 50.7 Å². The molecule has 0 fully saturated rings. The first-order valence-corrected chi connectivity index (χ1v) is 39.9. The van der Waals surface area contributed by atoms with Crippen LogP contribution in [0, 0.1) is 44.0 Å². The van der Waals surface area contributed by atoms with Crippen LogP contribution >= 0.6 is 115 Å². The van der Waals surface area contributed by atoms with Crippen LogP contribution in [0.2, 0.25) is 35.3 Å². The topological polar surface area (TPSA) is 344 Å². The maximum Gasteiger partial charge on any atom is 0.494 e. The standard InChI is InChI=1S/C17H12ClN3.C14H9F2N3O2.C13H11N.C12H6ClF2N3.C6H5BF2O2.C6H3ClIN3.C6H4ClN3.C4H2Cl2N2.C4H4ClN3.C2H3ClO/c18-15-11-16(21-19-12-15)20-17(13-7-3-1-4-8-13)14-9-5-2-6-10-14;1-21-14(20)8-5-12-17-7-11(19(12)18-6-8)13-9(15)3-2-4-10(13)16;14-13(11-7-3-1-4-8-11)12-9-5-2-6-10-12;13-7-4-11-16-6-10(18(11)17-5-7)12-8(14)2-1-3-9(12)15;8-4-2-1-3-5(9)6(4)7(10)11;7-4-1-6-9-3-5(8)11(6)10-2-4;7-5-3-6-8-1-2-10(6)9-4-5;2*5-3-1-4(6)8-7-2-3;3-1-2-4/h1-12H;2-7H,1H3;1-10,14H;1-6H;1-3,10-11H;1-3H;1-4H;1-2H;1-2H,(H2,6,8);2H,1H2. The van der Waals surface area contributed by atoms with Gasteiger partial charge in [-0.15, -0.1) is 26.9 Å². The van der Waals surface area contributed by atoms with E-state index < -0.39 is 53.5 Å². The van der Waals surface area contributed by atoms with Crippen molar-refractivity contribution in [3.63, 3.8) is 0 Å². The van der Waals surface area contributed by atoms with Crippen LogP contribution in [-0.4, -0.2) is 143 Å². The zero-order valence-electron chi connectivity index (χ0n) is 64.4. The SMILES string of the molecule is COC(=O)c1cnn2c(-c3c(F)cccc3F)cnc2c1.Clc1cnn2c(I)cnc2c1.Clc1cnn2ccnc2c1.Clc1cnnc(Cl)c1.Clc1cnnc(N=C(c2ccccc2)c2ccccc2)c1.Fc1cccc(F)c1-c1cnc2cc(Cl)cnn12.N=C(c1ccccc1)c1ccccc1.Nc1cc(Cl)cnn1.O=CCCl.OB(O)c1c(F)cccc1F. The van der Waals surface area contributed by atoms with Gasteiger partial charge >= 0.3 is 13.1 Å². The molecular weight excluding hydrogens is 1920 g/mol. The van der Waals surface area contributed by atoms with Crippen LogP contribution in [0.3, 0.4) is 0 Å². The summed E-state index contributed by atoms with van der Waals surface area (Å²) in [5.41, 5.74) is 12.4. The number of carbonyl (C=O) groups is 2. The van der Waals surface area contributed by atoms with Gasteiger partial charge in [0, 0.05) is 53.9 Å². The second-order valence-electron chi connectivity index (χ2n) is 24.2. The molecule has 0 spiro atoms. The van der Waals surface area contributed by atoms with Crippen molar-refractivity contribution in [2.24, 2.45) is 4.99 Å². The van der Waals surface area contributed by atoms with Gasteiger partial charge in [-0.3, -0.25) is 5.41 Å². The zero-order chi connectivity index (χ0) is 90.6. The number of alkyl halides is 1. The highest BCUT2D eigenvalue weighted by Gasteiger charge is 2.22. The lowest BCUT2D eigenvalue weighted by Crippen LogP contribution is -2.35. The van der Waals surface area contributed by atoms with E-state index in [1.807, 2.05) is 121 Å². The highest BCUT2D eigenvalue weighted by atomic mass is 127. The van der Waals surface area contributed by atoms with Crippen LogP contribution in [0.15, 0.2) is 298 Å². The Morgan fingerprint density at radius 2 is 0.865 bits per heavy atom. The van der Waals surface area contributed by atoms with Crippen molar-refractivity contribution in [3.8, 4) is 22.5 Å². The molecule has 11 heterocycles. The number of nitrogens with two attached hydrogens (primary N) is 1. The molecule has 0 aliphatic heterocycles. The summed E-state index contributed by atoms with van der Waals surface area (Å²) in [6.07, 6.45) is 18.7. The number of nitrogens with one attached hydrogen (secondary N) is 1. The average molecular weight is 1980 g/mol. The number of methoxy groups -OCH3 is 1. The Bertz CT molecular complexity index is 6440. The Morgan fingerprint density at radius 3 is 1.29 bits per heavy atom. The number of nitrogens with zero attached hydrogens (tertiary/aromatic N) is 19. The van der Waals surface area contributed by atoms with Gasteiger partial charge in [0.15, 0.2) is 33.6 Å². The molecule has 11 aromatic heterocycles. The number of aromatic nitrogens is 18. The Kier molecular flexibility index (Phi) is 38.2. The summed E-state index contributed by atoms with van der Waals surface area (Å²) in [6, 6.07) is 61.1. The number of anilines is 1. The fourth-order valence-electron chi connectivity index (χ4n) is 10.2. The Balaban J connectivity index is 0.000000162. The Labute approximate surface area is 765 Å². The Morgan fingerprint density at radius 1 is 0.468 bits per heavy atom. The van der Waals surface area contributed by atoms with Crippen molar-refractivity contribution >= 4 is 186 Å². The van der Waals surface area contributed by atoms with Gasteiger partial charge < -0.3 is 25.3 Å². The lowest BCUT2D eigenvalue weighted by molar-refractivity contribution is -0.105. The van der Waals surface area contributed by atoms with Crippen LogP contribution in [0.25, 0.3) is 45.1 Å². The van der Waals surface area contributed by atoms with E-state index in [4.69, 9.17) is 119 Å². The first-order chi connectivity index (χ1) is 60.7. The van der Waals surface area contributed by atoms with Crippen molar-refractivity contribution in [3.05, 3.63) is 394 Å². The number of aliphatic imine (C=N–C) groups is 1. The molecule has 42 heteroatoms. The number of aldehydes is 1. The fourth-order valence-corrected chi connectivity index (χ4v) is 11.8. The molecule has 638 valence electrons. The molecule has 126 heavy (non-hydrogen) atoms. The molecule has 18 rings (SSSR count). The molecule has 0 unspecified atom stereocenters. The predicted octanol–water partition coefficient (Wildman–Crippen LogP) is 19.1. The number of imidazole rings is 4. The molecule has 0 radical (unpaired) electrons. The monoisotopic (exact) mass is 1970 g/mol. The van der Waals surface area contributed by atoms with E-state index >= 15 is 0 Å². The predicted molar refractivity (Wildman–Crippen MR) is 482 cm³/mol. The first-order valence-electron chi connectivity index (χ1n) is 35.7. The van der Waals surface area contributed by atoms with Gasteiger partial charge in [-0.2, -0.15) is 35.7 Å². The molecule has 0 bridgehead atoms. The maximum atomic E-state index is 13.8. The van der Waals surface area contributed by atoms with E-state index in [1.165, 1.54) is 102 Å². The average Bonchev–Trinajstić information content (AvgIpc) is 1.61. The largest absolute Gasteiger partial charge is 0.494 e. The minimum Gasteiger partial charge on any atom is -0.465 e. The quantitative estimate of drug-likeness (QED) is 0.0188. The summed E-state index contributed by atoms with van der Waals surface area (Å²) in [5, 5.41) is 66.1. The molecule has 0 saturated carbocycles. The van der Waals surface area contributed by atoms with Crippen molar-refractivity contribution in [1.82, 2.24) is 89.0 Å². The normalized spacial score (nSPS) is 10.1. The zero-order valence-corrected chi connectivity index (χ0v) is 72.6. The molecular formula is C84H59BCl8F6IN21O5. The summed E-state index contributed by atoms with van der Waals surface area (Å²) in [4.78, 5) is 41.2. The summed E-state index contributed by atoms with van der Waals surface area (Å²) < 4.78 is 91.6. The number of esters is 1. The molecule has 0 amide bonds. The number of hydrogen-bond donors (Lipinski definition) is 4. The first kappa shape index (κ1) is 97.0. The van der Waals surface area contributed by atoms with Crippen LogP contribution in [-0.2, 0) is 9.53 Å². The maximum absolute atomic E-state index is 13.8. The highest BCUT2D eigenvalue weighted by molar-refractivity contribution is 14.1. The second kappa shape index (κ2) is 49.6. The molecule has 5 N–H and O–H groups in total. The minimum absolute atomic E-state index is 0.111. The lowest BCUT2D eigenvalue weighted by Gasteiger charge is -2.07. The van der Waals surface area contributed by atoms with Crippen molar-refractivity contribution in [2.75, 3.05) is 18.7 Å². The van der Waals surface area contributed by atoms with Gasteiger partial charge in [0.1, 0.15) is 50.7 Å². The minimum atomic E-state index is -2.10. The smallest absolute Gasteiger partial charge is 0.465 e. The third-order valence-electron chi connectivity index (χ3n) is 15.7.